The number of aromatic nitrogens is 1. The van der Waals surface area contributed by atoms with Crippen molar-refractivity contribution in [2.24, 2.45) is 0 Å². The molecule has 1 heterocycles. The molecule has 0 aliphatic carbocycles. The molecule has 0 fully saturated rings. The van der Waals surface area contributed by atoms with Gasteiger partial charge in [0.05, 0.1) is 5.56 Å². The van der Waals surface area contributed by atoms with Crippen LogP contribution in [-0.2, 0) is 11.3 Å². The van der Waals surface area contributed by atoms with Crippen LogP contribution >= 0.6 is 0 Å². The Bertz CT molecular complexity index is 1050. The number of carbonyl (C=O) groups is 2. The van der Waals surface area contributed by atoms with E-state index in [1.54, 1.807) is 12.4 Å². The Balaban J connectivity index is 1.81. The van der Waals surface area contributed by atoms with Gasteiger partial charge in [-0.15, -0.1) is 0 Å². The molecule has 5 heteroatoms. The zero-order chi connectivity index (χ0) is 20.8. The van der Waals surface area contributed by atoms with Crippen LogP contribution < -0.4 is 10.6 Å². The zero-order valence-electron chi connectivity index (χ0n) is 16.5. The molecule has 2 amide bonds. The third-order valence-corrected chi connectivity index (χ3v) is 4.63. The molecule has 0 unspecified atom stereocenters. The molecule has 29 heavy (non-hydrogen) atoms. The lowest BCUT2D eigenvalue weighted by Crippen LogP contribution is -2.19. The number of hydrogen-bond acceptors (Lipinski definition) is 3. The fourth-order valence-corrected chi connectivity index (χ4v) is 3.04. The van der Waals surface area contributed by atoms with Gasteiger partial charge in [-0.2, -0.15) is 0 Å². The Morgan fingerprint density at radius 3 is 2.45 bits per heavy atom. The summed E-state index contributed by atoms with van der Waals surface area (Å²) in [6.07, 6.45) is 4.52. The van der Waals surface area contributed by atoms with E-state index in [-0.39, 0.29) is 11.8 Å². The summed E-state index contributed by atoms with van der Waals surface area (Å²) >= 11 is 0. The van der Waals surface area contributed by atoms with Gasteiger partial charge in [-0.25, -0.2) is 0 Å². The topological polar surface area (TPSA) is 71.1 Å². The van der Waals surface area contributed by atoms with E-state index in [9.17, 15) is 9.59 Å². The molecule has 0 saturated carbocycles. The van der Waals surface area contributed by atoms with E-state index < -0.39 is 0 Å². The van der Waals surface area contributed by atoms with Crippen molar-refractivity contribution in [2.75, 3.05) is 5.32 Å². The van der Waals surface area contributed by atoms with Gasteiger partial charge in [-0.1, -0.05) is 43.0 Å². The second kappa shape index (κ2) is 8.97. The maximum atomic E-state index is 12.8. The first-order valence-corrected chi connectivity index (χ1v) is 9.30. The number of anilines is 1. The molecular formula is C24H23N3O2. The Hall–Kier alpha value is -3.73. The van der Waals surface area contributed by atoms with Crippen LogP contribution in [0.5, 0.6) is 0 Å². The molecule has 0 saturated heterocycles. The van der Waals surface area contributed by atoms with Gasteiger partial charge >= 0.3 is 0 Å². The summed E-state index contributed by atoms with van der Waals surface area (Å²) in [6, 6.07) is 15.5. The van der Waals surface area contributed by atoms with Crippen molar-refractivity contribution in [1.82, 2.24) is 10.3 Å². The molecule has 0 bridgehead atoms. The van der Waals surface area contributed by atoms with Gasteiger partial charge in [0.15, 0.2) is 0 Å². The second-order valence-corrected chi connectivity index (χ2v) is 6.81. The Morgan fingerprint density at radius 2 is 1.72 bits per heavy atom. The first-order chi connectivity index (χ1) is 14.0. The third kappa shape index (κ3) is 4.96. The maximum Gasteiger partial charge on any atom is 0.257 e. The van der Waals surface area contributed by atoms with Gasteiger partial charge in [-0.3, -0.25) is 14.6 Å². The lowest BCUT2D eigenvalue weighted by Gasteiger charge is -2.12. The van der Waals surface area contributed by atoms with Crippen LogP contribution in [0.2, 0.25) is 0 Å². The number of hydrogen-bond donors (Lipinski definition) is 2. The van der Waals surface area contributed by atoms with Crippen molar-refractivity contribution >= 4 is 17.5 Å². The van der Waals surface area contributed by atoms with E-state index in [1.807, 2.05) is 62.4 Å². The Kier molecular flexibility index (Phi) is 6.19. The highest BCUT2D eigenvalue weighted by atomic mass is 16.2. The average Bonchev–Trinajstić information content (AvgIpc) is 2.75. The van der Waals surface area contributed by atoms with E-state index >= 15 is 0 Å². The number of carbonyl (C=O) groups excluding carboxylic acids is 2. The zero-order valence-corrected chi connectivity index (χ0v) is 16.5. The van der Waals surface area contributed by atoms with Crippen LogP contribution in [0.3, 0.4) is 0 Å². The summed E-state index contributed by atoms with van der Waals surface area (Å²) in [4.78, 5) is 28.4. The molecule has 5 nitrogen and oxygen atoms in total. The normalized spacial score (nSPS) is 10.3. The van der Waals surface area contributed by atoms with Crippen LogP contribution in [0, 0.1) is 13.8 Å². The molecule has 0 atom stereocenters. The summed E-state index contributed by atoms with van der Waals surface area (Å²) in [7, 11) is 0. The lowest BCUT2D eigenvalue weighted by molar-refractivity contribution is -0.116. The third-order valence-electron chi connectivity index (χ3n) is 4.63. The van der Waals surface area contributed by atoms with Crippen LogP contribution in [-0.4, -0.2) is 16.8 Å². The largest absolute Gasteiger partial charge is 0.348 e. The van der Waals surface area contributed by atoms with Gasteiger partial charge in [0.2, 0.25) is 5.91 Å². The van der Waals surface area contributed by atoms with Crippen LogP contribution in [0.1, 0.15) is 27.0 Å². The number of nitrogens with one attached hydrogen (secondary N) is 2. The van der Waals surface area contributed by atoms with Crippen molar-refractivity contribution in [3.63, 3.8) is 0 Å². The van der Waals surface area contributed by atoms with Crippen molar-refractivity contribution in [2.45, 2.75) is 20.4 Å². The fraction of sp³-hybridized carbons (Fsp3) is 0.125. The molecule has 0 aliphatic heterocycles. The van der Waals surface area contributed by atoms with E-state index in [2.05, 4.69) is 22.2 Å². The van der Waals surface area contributed by atoms with Gasteiger partial charge in [0.25, 0.3) is 5.91 Å². The fourth-order valence-electron chi connectivity index (χ4n) is 3.04. The molecule has 0 spiro atoms. The Labute approximate surface area is 170 Å². The highest BCUT2D eigenvalue weighted by Crippen LogP contribution is 2.23. The second-order valence-electron chi connectivity index (χ2n) is 6.81. The molecule has 3 aromatic rings. The number of benzene rings is 2. The summed E-state index contributed by atoms with van der Waals surface area (Å²) in [6.45, 7) is 7.78. The lowest BCUT2D eigenvalue weighted by atomic mass is 10.0. The molecular weight excluding hydrogens is 362 g/mol. The maximum absolute atomic E-state index is 12.8. The predicted molar refractivity (Wildman–Crippen MR) is 116 cm³/mol. The minimum absolute atomic E-state index is 0.203. The van der Waals surface area contributed by atoms with E-state index in [0.717, 1.165) is 33.5 Å². The molecule has 2 N–H and O–H groups in total. The van der Waals surface area contributed by atoms with Gasteiger partial charge in [0, 0.05) is 30.2 Å². The van der Waals surface area contributed by atoms with Crippen molar-refractivity contribution in [3.8, 4) is 11.1 Å². The minimum Gasteiger partial charge on any atom is -0.348 e. The van der Waals surface area contributed by atoms with Crippen molar-refractivity contribution in [3.05, 3.63) is 95.8 Å². The number of nitrogens with zero attached hydrogens (tertiary/aromatic N) is 1. The van der Waals surface area contributed by atoms with Crippen LogP contribution in [0.15, 0.2) is 73.6 Å². The molecule has 146 valence electrons. The molecule has 0 radical (unpaired) electrons. The highest BCUT2D eigenvalue weighted by Gasteiger charge is 2.11. The highest BCUT2D eigenvalue weighted by molar-refractivity contribution is 6.05. The van der Waals surface area contributed by atoms with E-state index in [0.29, 0.717) is 12.1 Å². The summed E-state index contributed by atoms with van der Waals surface area (Å²) in [5.41, 5.74) is 6.02. The van der Waals surface area contributed by atoms with Crippen LogP contribution in [0.25, 0.3) is 11.1 Å². The molecule has 1 aromatic heterocycles. The smallest absolute Gasteiger partial charge is 0.257 e. The van der Waals surface area contributed by atoms with Gasteiger partial charge in [0.1, 0.15) is 0 Å². The van der Waals surface area contributed by atoms with Gasteiger partial charge < -0.3 is 10.6 Å². The van der Waals surface area contributed by atoms with Crippen LogP contribution in [0.4, 0.5) is 5.69 Å². The predicted octanol–water partition coefficient (Wildman–Crippen LogP) is 4.42. The molecule has 3 rings (SSSR count). The first-order valence-electron chi connectivity index (χ1n) is 9.30. The SMILES string of the molecule is C=CC(=O)NCc1cccc(-c2cncc(C(=O)Nc3c(C)cccc3C)c2)c1. The quantitative estimate of drug-likeness (QED) is 0.617. The first kappa shape index (κ1) is 20.0. The van der Waals surface area contributed by atoms with E-state index in [1.165, 1.54) is 6.08 Å². The monoisotopic (exact) mass is 385 g/mol. The average molecular weight is 385 g/mol. The summed E-state index contributed by atoms with van der Waals surface area (Å²) in [5, 5.41) is 5.75. The summed E-state index contributed by atoms with van der Waals surface area (Å²) in [5.74, 6) is -0.423. The number of pyridine rings is 1. The van der Waals surface area contributed by atoms with Crippen molar-refractivity contribution < 1.29 is 9.59 Å². The number of rotatable bonds is 6. The summed E-state index contributed by atoms with van der Waals surface area (Å²) < 4.78 is 0. The molecule has 0 aliphatic rings. The number of para-hydroxylation sites is 1. The molecule has 2 aromatic carbocycles. The van der Waals surface area contributed by atoms with E-state index in [4.69, 9.17) is 0 Å². The Morgan fingerprint density at radius 1 is 1.00 bits per heavy atom. The van der Waals surface area contributed by atoms with Gasteiger partial charge in [-0.05, 0) is 54.3 Å². The number of aryl methyl sites for hydroxylation is 2. The number of amides is 2. The van der Waals surface area contributed by atoms with Crippen molar-refractivity contribution in [1.29, 1.82) is 0 Å². The minimum atomic E-state index is -0.220. The standard InChI is InChI=1S/C24H23N3O2/c1-4-22(28)26-13-18-9-6-10-19(11-18)20-12-21(15-25-14-20)24(29)27-23-16(2)7-5-8-17(23)3/h4-12,14-15H,1,13H2,2-3H3,(H,26,28)(H,27,29).